The first-order chi connectivity index (χ1) is 7.81. The Kier molecular flexibility index (Phi) is 3.97. The fourth-order valence-electron chi connectivity index (χ4n) is 1.13. The molecule has 0 radical (unpaired) electrons. The summed E-state index contributed by atoms with van der Waals surface area (Å²) in [6, 6.07) is 6.58. The van der Waals surface area contributed by atoms with E-state index < -0.39 is 11.7 Å². The Hall–Kier alpha value is -1.73. The van der Waals surface area contributed by atoms with Gasteiger partial charge in [0.15, 0.2) is 0 Å². The van der Waals surface area contributed by atoms with Crippen molar-refractivity contribution in [3.63, 3.8) is 0 Å². The summed E-state index contributed by atoms with van der Waals surface area (Å²) in [6.07, 6.45) is -0.601. The van der Waals surface area contributed by atoms with Gasteiger partial charge in [-0.25, -0.2) is 4.79 Å². The standard InChI is InChI=1S/C12H13ClN2O2/c1-12(2,3)17-11(16)15-10-5-4-9(13)6-8(10)7-14/h4-6H,1-3H3,(H,15,16). The minimum Gasteiger partial charge on any atom is -0.444 e. The maximum atomic E-state index is 11.5. The summed E-state index contributed by atoms with van der Waals surface area (Å²) in [5, 5.41) is 11.8. The molecule has 0 bridgehead atoms. The Morgan fingerprint density at radius 3 is 2.65 bits per heavy atom. The number of nitrogens with one attached hydrogen (secondary N) is 1. The quantitative estimate of drug-likeness (QED) is 0.831. The highest BCUT2D eigenvalue weighted by Crippen LogP contribution is 2.20. The Morgan fingerprint density at radius 2 is 2.12 bits per heavy atom. The molecule has 1 aromatic carbocycles. The smallest absolute Gasteiger partial charge is 0.412 e. The second-order valence-corrected chi connectivity index (χ2v) is 4.87. The van der Waals surface area contributed by atoms with Gasteiger partial charge in [0.1, 0.15) is 11.7 Å². The summed E-state index contributed by atoms with van der Waals surface area (Å²) >= 11 is 5.74. The predicted molar refractivity (Wildman–Crippen MR) is 66.0 cm³/mol. The molecule has 0 atom stereocenters. The topological polar surface area (TPSA) is 62.1 Å². The number of hydrogen-bond acceptors (Lipinski definition) is 3. The van der Waals surface area contributed by atoms with E-state index in [9.17, 15) is 4.79 Å². The lowest BCUT2D eigenvalue weighted by Gasteiger charge is -2.19. The van der Waals surface area contributed by atoms with Crippen LogP contribution in [-0.2, 0) is 4.74 Å². The third-order valence-electron chi connectivity index (χ3n) is 1.74. The van der Waals surface area contributed by atoms with Gasteiger partial charge in [0, 0.05) is 5.02 Å². The van der Waals surface area contributed by atoms with Gasteiger partial charge in [-0.15, -0.1) is 0 Å². The number of anilines is 1. The van der Waals surface area contributed by atoms with Gasteiger partial charge >= 0.3 is 6.09 Å². The maximum absolute atomic E-state index is 11.5. The van der Waals surface area contributed by atoms with Crippen LogP contribution in [0.1, 0.15) is 26.3 Å². The van der Waals surface area contributed by atoms with E-state index in [1.54, 1.807) is 32.9 Å². The normalized spacial score (nSPS) is 10.5. The third-order valence-corrected chi connectivity index (χ3v) is 1.97. The lowest BCUT2D eigenvalue weighted by atomic mass is 10.2. The monoisotopic (exact) mass is 252 g/mol. The first-order valence-corrected chi connectivity index (χ1v) is 5.39. The van der Waals surface area contributed by atoms with Gasteiger partial charge in [0.2, 0.25) is 0 Å². The third kappa shape index (κ3) is 4.33. The molecule has 0 spiro atoms. The first kappa shape index (κ1) is 13.3. The number of benzene rings is 1. The first-order valence-electron chi connectivity index (χ1n) is 5.01. The average Bonchev–Trinajstić information content (AvgIpc) is 2.17. The van der Waals surface area contributed by atoms with E-state index in [0.29, 0.717) is 16.3 Å². The lowest BCUT2D eigenvalue weighted by Crippen LogP contribution is -2.27. The van der Waals surface area contributed by atoms with Crippen LogP contribution in [0.25, 0.3) is 0 Å². The van der Waals surface area contributed by atoms with Crippen LogP contribution in [0.2, 0.25) is 5.02 Å². The minimum atomic E-state index is -0.601. The number of nitrogens with zero attached hydrogens (tertiary/aromatic N) is 1. The molecule has 1 aromatic rings. The maximum Gasteiger partial charge on any atom is 0.412 e. The Morgan fingerprint density at radius 1 is 1.47 bits per heavy atom. The molecule has 0 heterocycles. The van der Waals surface area contributed by atoms with Crippen LogP contribution < -0.4 is 5.32 Å². The van der Waals surface area contributed by atoms with E-state index in [0.717, 1.165) is 0 Å². The predicted octanol–water partition coefficient (Wildman–Crippen LogP) is 3.56. The molecule has 4 nitrogen and oxygen atoms in total. The van der Waals surface area contributed by atoms with Crippen molar-refractivity contribution in [1.29, 1.82) is 5.26 Å². The van der Waals surface area contributed by atoms with Crippen LogP contribution in [-0.4, -0.2) is 11.7 Å². The molecule has 0 aliphatic heterocycles. The van der Waals surface area contributed by atoms with Crippen molar-refractivity contribution in [2.45, 2.75) is 26.4 Å². The molecule has 5 heteroatoms. The van der Waals surface area contributed by atoms with Gasteiger partial charge in [0.05, 0.1) is 11.3 Å². The molecule has 1 rings (SSSR count). The fourth-order valence-corrected chi connectivity index (χ4v) is 1.30. The largest absolute Gasteiger partial charge is 0.444 e. The van der Waals surface area contributed by atoms with E-state index >= 15 is 0 Å². The zero-order valence-corrected chi connectivity index (χ0v) is 10.6. The van der Waals surface area contributed by atoms with Crippen molar-refractivity contribution in [3.05, 3.63) is 28.8 Å². The number of amides is 1. The van der Waals surface area contributed by atoms with Gasteiger partial charge < -0.3 is 4.74 Å². The van der Waals surface area contributed by atoms with E-state index in [-0.39, 0.29) is 0 Å². The number of nitriles is 1. The van der Waals surface area contributed by atoms with Crippen molar-refractivity contribution < 1.29 is 9.53 Å². The highest BCUT2D eigenvalue weighted by molar-refractivity contribution is 6.30. The molecule has 17 heavy (non-hydrogen) atoms. The summed E-state index contributed by atoms with van der Waals surface area (Å²) in [5.74, 6) is 0. The zero-order chi connectivity index (χ0) is 13.1. The lowest BCUT2D eigenvalue weighted by molar-refractivity contribution is 0.0636. The number of carbonyl (C=O) groups is 1. The summed E-state index contributed by atoms with van der Waals surface area (Å²) in [7, 11) is 0. The number of rotatable bonds is 1. The van der Waals surface area contributed by atoms with Crippen molar-refractivity contribution in [2.24, 2.45) is 0 Å². The van der Waals surface area contributed by atoms with E-state index in [1.807, 2.05) is 6.07 Å². The van der Waals surface area contributed by atoms with Gasteiger partial charge in [0.25, 0.3) is 0 Å². The van der Waals surface area contributed by atoms with Gasteiger partial charge in [-0.05, 0) is 39.0 Å². The van der Waals surface area contributed by atoms with Gasteiger partial charge in [-0.2, -0.15) is 5.26 Å². The SMILES string of the molecule is CC(C)(C)OC(=O)Nc1ccc(Cl)cc1C#N. The fraction of sp³-hybridized carbons (Fsp3) is 0.333. The molecule has 90 valence electrons. The Labute approximate surface area is 105 Å². The Balaban J connectivity index is 2.83. The van der Waals surface area contributed by atoms with E-state index in [4.69, 9.17) is 21.6 Å². The van der Waals surface area contributed by atoms with E-state index in [2.05, 4.69) is 5.32 Å². The van der Waals surface area contributed by atoms with Crippen molar-refractivity contribution >= 4 is 23.4 Å². The highest BCUT2D eigenvalue weighted by atomic mass is 35.5. The molecule has 0 unspecified atom stereocenters. The van der Waals surface area contributed by atoms with Crippen LogP contribution in [0.5, 0.6) is 0 Å². The molecular formula is C12H13ClN2O2. The molecule has 0 aliphatic rings. The number of carbonyl (C=O) groups excluding carboxylic acids is 1. The molecular weight excluding hydrogens is 240 g/mol. The summed E-state index contributed by atoms with van der Waals surface area (Å²) in [6.45, 7) is 5.29. The highest BCUT2D eigenvalue weighted by Gasteiger charge is 2.17. The van der Waals surface area contributed by atoms with Crippen molar-refractivity contribution in [3.8, 4) is 6.07 Å². The minimum absolute atomic E-state index is 0.295. The van der Waals surface area contributed by atoms with Gasteiger partial charge in [-0.1, -0.05) is 11.6 Å². The molecule has 0 aromatic heterocycles. The van der Waals surface area contributed by atoms with Crippen LogP contribution in [0.15, 0.2) is 18.2 Å². The van der Waals surface area contributed by atoms with Gasteiger partial charge in [-0.3, -0.25) is 5.32 Å². The molecule has 1 N–H and O–H groups in total. The molecule has 1 amide bonds. The van der Waals surface area contributed by atoms with Crippen molar-refractivity contribution in [1.82, 2.24) is 0 Å². The summed E-state index contributed by atoms with van der Waals surface area (Å²) < 4.78 is 5.08. The van der Waals surface area contributed by atoms with E-state index in [1.165, 1.54) is 6.07 Å². The van der Waals surface area contributed by atoms with Crippen LogP contribution in [0.3, 0.4) is 0 Å². The number of ether oxygens (including phenoxy) is 1. The Bertz CT molecular complexity index is 472. The van der Waals surface area contributed by atoms with Crippen LogP contribution in [0.4, 0.5) is 10.5 Å². The van der Waals surface area contributed by atoms with Crippen molar-refractivity contribution in [2.75, 3.05) is 5.32 Å². The molecule has 0 fully saturated rings. The summed E-state index contributed by atoms with van der Waals surface area (Å²) in [4.78, 5) is 11.5. The van der Waals surface area contributed by atoms with Crippen LogP contribution >= 0.6 is 11.6 Å². The zero-order valence-electron chi connectivity index (χ0n) is 9.87. The molecule has 0 aliphatic carbocycles. The molecule has 0 saturated heterocycles. The average molecular weight is 253 g/mol. The number of halogens is 1. The summed E-state index contributed by atoms with van der Waals surface area (Å²) in [5.41, 5.74) is 0.0954. The van der Waals surface area contributed by atoms with Crippen LogP contribution in [0, 0.1) is 11.3 Å². The second kappa shape index (κ2) is 5.07. The molecule has 0 saturated carbocycles. The second-order valence-electron chi connectivity index (χ2n) is 4.43. The number of hydrogen-bond donors (Lipinski definition) is 1.